The third-order valence-corrected chi connectivity index (χ3v) is 1.87. The molecule has 0 aliphatic rings. The summed E-state index contributed by atoms with van der Waals surface area (Å²) in [6.45, 7) is 1.15. The molecule has 14 heavy (non-hydrogen) atoms. The molecule has 1 aromatic rings. The van der Waals surface area contributed by atoms with Gasteiger partial charge in [-0.2, -0.15) is 0 Å². The number of carbonyl (C=O) groups is 1. The van der Waals surface area contributed by atoms with Crippen LogP contribution in [-0.2, 0) is 18.0 Å². The first-order chi connectivity index (χ1) is 6.67. The fourth-order valence-electron chi connectivity index (χ4n) is 1.21. The topological polar surface area (TPSA) is 69.6 Å². The Morgan fingerprint density at radius 3 is 2.43 bits per heavy atom. The summed E-state index contributed by atoms with van der Waals surface area (Å²) < 4.78 is 0. The van der Waals surface area contributed by atoms with Gasteiger partial charge in [-0.25, -0.2) is 0 Å². The molecule has 3 N–H and O–H groups in total. The van der Waals surface area contributed by atoms with E-state index in [1.807, 2.05) is 0 Å². The van der Waals surface area contributed by atoms with E-state index in [9.17, 15) is 4.79 Å². The van der Waals surface area contributed by atoms with E-state index < -0.39 is 0 Å². The van der Waals surface area contributed by atoms with E-state index in [-0.39, 0.29) is 19.1 Å². The molecule has 0 heterocycles. The number of aliphatic hydroxyl groups excluding tert-OH is 2. The Hall–Kier alpha value is -1.39. The summed E-state index contributed by atoms with van der Waals surface area (Å²) in [7, 11) is 0. The summed E-state index contributed by atoms with van der Waals surface area (Å²) in [6.07, 6.45) is 0. The molecule has 0 unspecified atom stereocenters. The molecular weight excluding hydrogens is 182 g/mol. The van der Waals surface area contributed by atoms with E-state index in [0.29, 0.717) is 16.8 Å². The van der Waals surface area contributed by atoms with Crippen molar-refractivity contribution in [2.24, 2.45) is 0 Å². The molecule has 0 atom stereocenters. The van der Waals surface area contributed by atoms with E-state index in [4.69, 9.17) is 10.2 Å². The SMILES string of the molecule is CC(=O)Nc1ccc(CO)c(CO)c1. The maximum Gasteiger partial charge on any atom is 0.221 e. The highest BCUT2D eigenvalue weighted by Crippen LogP contribution is 2.16. The van der Waals surface area contributed by atoms with Crippen molar-refractivity contribution in [3.8, 4) is 0 Å². The summed E-state index contributed by atoms with van der Waals surface area (Å²) in [5, 5.41) is 20.5. The monoisotopic (exact) mass is 195 g/mol. The fraction of sp³-hybridized carbons (Fsp3) is 0.300. The molecule has 0 fully saturated rings. The van der Waals surface area contributed by atoms with Crippen LogP contribution in [0.2, 0.25) is 0 Å². The van der Waals surface area contributed by atoms with Gasteiger partial charge in [0.1, 0.15) is 0 Å². The van der Waals surface area contributed by atoms with E-state index >= 15 is 0 Å². The first kappa shape index (κ1) is 10.7. The van der Waals surface area contributed by atoms with Crippen molar-refractivity contribution in [3.05, 3.63) is 29.3 Å². The average molecular weight is 195 g/mol. The summed E-state index contributed by atoms with van der Waals surface area (Å²) in [5.74, 6) is -0.161. The van der Waals surface area contributed by atoms with Crippen molar-refractivity contribution in [3.63, 3.8) is 0 Å². The van der Waals surface area contributed by atoms with Gasteiger partial charge in [0.25, 0.3) is 0 Å². The molecule has 4 nitrogen and oxygen atoms in total. The number of nitrogens with one attached hydrogen (secondary N) is 1. The predicted octanol–water partition coefficient (Wildman–Crippen LogP) is 0.630. The van der Waals surface area contributed by atoms with Gasteiger partial charge in [0, 0.05) is 12.6 Å². The number of carbonyl (C=O) groups excluding carboxylic acids is 1. The van der Waals surface area contributed by atoms with Crippen LogP contribution >= 0.6 is 0 Å². The second-order valence-corrected chi connectivity index (χ2v) is 2.98. The molecule has 1 amide bonds. The number of anilines is 1. The Morgan fingerprint density at radius 1 is 1.29 bits per heavy atom. The lowest BCUT2D eigenvalue weighted by atomic mass is 10.1. The van der Waals surface area contributed by atoms with Crippen molar-refractivity contribution in [2.75, 3.05) is 5.32 Å². The van der Waals surface area contributed by atoms with Crippen molar-refractivity contribution < 1.29 is 15.0 Å². The van der Waals surface area contributed by atoms with E-state index in [1.165, 1.54) is 6.92 Å². The molecule has 0 bridgehead atoms. The number of benzene rings is 1. The number of hydrogen-bond acceptors (Lipinski definition) is 3. The largest absolute Gasteiger partial charge is 0.392 e. The number of amides is 1. The molecule has 0 aromatic heterocycles. The molecular formula is C10H13NO3. The van der Waals surface area contributed by atoms with E-state index in [0.717, 1.165) is 0 Å². The molecule has 1 rings (SSSR count). The standard InChI is InChI=1S/C10H13NO3/c1-7(14)11-10-3-2-8(5-12)9(4-10)6-13/h2-4,12-13H,5-6H2,1H3,(H,11,14). The third-order valence-electron chi connectivity index (χ3n) is 1.87. The molecule has 1 aromatic carbocycles. The van der Waals surface area contributed by atoms with Crippen LogP contribution in [0.4, 0.5) is 5.69 Å². The predicted molar refractivity (Wildman–Crippen MR) is 52.6 cm³/mol. The highest BCUT2D eigenvalue weighted by atomic mass is 16.3. The van der Waals surface area contributed by atoms with Crippen molar-refractivity contribution in [2.45, 2.75) is 20.1 Å². The van der Waals surface area contributed by atoms with E-state index in [1.54, 1.807) is 18.2 Å². The fourth-order valence-corrected chi connectivity index (χ4v) is 1.21. The summed E-state index contributed by atoms with van der Waals surface area (Å²) >= 11 is 0. The lowest BCUT2D eigenvalue weighted by Gasteiger charge is -2.07. The zero-order chi connectivity index (χ0) is 10.6. The zero-order valence-electron chi connectivity index (χ0n) is 7.95. The number of rotatable bonds is 3. The Bertz CT molecular complexity index is 336. The van der Waals surface area contributed by atoms with Gasteiger partial charge >= 0.3 is 0 Å². The lowest BCUT2D eigenvalue weighted by Crippen LogP contribution is -2.06. The molecule has 76 valence electrons. The highest BCUT2D eigenvalue weighted by molar-refractivity contribution is 5.88. The second-order valence-electron chi connectivity index (χ2n) is 2.98. The maximum atomic E-state index is 10.7. The second kappa shape index (κ2) is 4.74. The van der Waals surface area contributed by atoms with Crippen LogP contribution in [-0.4, -0.2) is 16.1 Å². The minimum atomic E-state index is -0.161. The minimum Gasteiger partial charge on any atom is -0.392 e. The first-order valence-electron chi connectivity index (χ1n) is 4.28. The molecule has 0 aliphatic heterocycles. The van der Waals surface area contributed by atoms with Crippen LogP contribution < -0.4 is 5.32 Å². The normalized spacial score (nSPS) is 9.93. The van der Waals surface area contributed by atoms with Crippen LogP contribution in [0, 0.1) is 0 Å². The van der Waals surface area contributed by atoms with Crippen LogP contribution in [0.5, 0.6) is 0 Å². The molecule has 0 aliphatic carbocycles. The van der Waals surface area contributed by atoms with Gasteiger partial charge in [-0.3, -0.25) is 4.79 Å². The molecule has 0 saturated heterocycles. The summed E-state index contributed by atoms with van der Waals surface area (Å²) in [5.41, 5.74) is 1.92. The smallest absolute Gasteiger partial charge is 0.221 e. The van der Waals surface area contributed by atoms with Gasteiger partial charge in [0.05, 0.1) is 13.2 Å². The lowest BCUT2D eigenvalue weighted by molar-refractivity contribution is -0.114. The highest BCUT2D eigenvalue weighted by Gasteiger charge is 2.02. The molecule has 4 heteroatoms. The Morgan fingerprint density at radius 2 is 1.93 bits per heavy atom. The quantitative estimate of drug-likeness (QED) is 0.662. The third kappa shape index (κ3) is 2.55. The van der Waals surface area contributed by atoms with Crippen molar-refractivity contribution >= 4 is 11.6 Å². The van der Waals surface area contributed by atoms with Gasteiger partial charge in [-0.05, 0) is 23.3 Å². The van der Waals surface area contributed by atoms with Crippen LogP contribution in [0.1, 0.15) is 18.1 Å². The zero-order valence-corrected chi connectivity index (χ0v) is 7.95. The minimum absolute atomic E-state index is 0.115. The van der Waals surface area contributed by atoms with Gasteiger partial charge in [-0.15, -0.1) is 0 Å². The maximum absolute atomic E-state index is 10.7. The van der Waals surface area contributed by atoms with Crippen LogP contribution in [0.25, 0.3) is 0 Å². The summed E-state index contributed by atoms with van der Waals surface area (Å²) in [6, 6.07) is 5.01. The van der Waals surface area contributed by atoms with Gasteiger partial charge < -0.3 is 15.5 Å². The summed E-state index contributed by atoms with van der Waals surface area (Å²) in [4.78, 5) is 10.7. The average Bonchev–Trinajstić information content (AvgIpc) is 2.16. The van der Waals surface area contributed by atoms with Crippen LogP contribution in [0.3, 0.4) is 0 Å². The first-order valence-corrected chi connectivity index (χ1v) is 4.28. The van der Waals surface area contributed by atoms with Gasteiger partial charge in [-0.1, -0.05) is 6.07 Å². The van der Waals surface area contributed by atoms with E-state index in [2.05, 4.69) is 5.32 Å². The Balaban J connectivity index is 2.95. The van der Waals surface area contributed by atoms with Gasteiger partial charge in [0.2, 0.25) is 5.91 Å². The molecule has 0 saturated carbocycles. The van der Waals surface area contributed by atoms with Crippen molar-refractivity contribution in [1.29, 1.82) is 0 Å². The van der Waals surface area contributed by atoms with Gasteiger partial charge in [0.15, 0.2) is 0 Å². The Labute approximate surface area is 82.2 Å². The number of aliphatic hydroxyl groups is 2. The van der Waals surface area contributed by atoms with Crippen molar-refractivity contribution in [1.82, 2.24) is 0 Å². The van der Waals surface area contributed by atoms with Crippen LogP contribution in [0.15, 0.2) is 18.2 Å². The number of hydrogen-bond donors (Lipinski definition) is 3. The molecule has 0 spiro atoms. The Kier molecular flexibility index (Phi) is 3.62. The molecule has 0 radical (unpaired) electrons.